The van der Waals surface area contributed by atoms with Crippen LogP contribution >= 0.6 is 0 Å². The molecule has 0 saturated carbocycles. The smallest absolute Gasteiger partial charge is 0.128 e. The van der Waals surface area contributed by atoms with E-state index in [0.29, 0.717) is 12.5 Å². The van der Waals surface area contributed by atoms with Gasteiger partial charge in [0, 0.05) is 35.2 Å². The highest BCUT2D eigenvalue weighted by atomic mass is 19.1. The minimum atomic E-state index is -0.114. The summed E-state index contributed by atoms with van der Waals surface area (Å²) < 4.78 is 14.2. The van der Waals surface area contributed by atoms with Crippen molar-refractivity contribution >= 4 is 10.9 Å². The molecule has 2 atom stereocenters. The molecule has 96 valence electrons. The number of nitrogens with two attached hydrogens (primary N) is 1. The molecule has 4 heteroatoms. The van der Waals surface area contributed by atoms with Gasteiger partial charge < -0.3 is 10.7 Å². The third-order valence-electron chi connectivity index (χ3n) is 4.00. The van der Waals surface area contributed by atoms with Crippen LogP contribution in [0.25, 0.3) is 10.9 Å². The van der Waals surface area contributed by atoms with Gasteiger partial charge in [-0.05, 0) is 44.1 Å². The topological polar surface area (TPSA) is 45.0 Å². The highest BCUT2D eigenvalue weighted by molar-refractivity contribution is 5.80. The quantitative estimate of drug-likeness (QED) is 0.855. The zero-order valence-corrected chi connectivity index (χ0v) is 10.5. The fourth-order valence-electron chi connectivity index (χ4n) is 2.98. The number of nitrogens with one attached hydrogen (secondary N) is 1. The van der Waals surface area contributed by atoms with Crippen molar-refractivity contribution in [3.63, 3.8) is 0 Å². The highest BCUT2D eigenvalue weighted by Crippen LogP contribution is 2.36. The van der Waals surface area contributed by atoms with Crippen LogP contribution in [0.15, 0.2) is 24.4 Å². The summed E-state index contributed by atoms with van der Waals surface area (Å²) in [5.41, 5.74) is 7.50. The average Bonchev–Trinajstić information content (AvgIpc) is 2.93. The van der Waals surface area contributed by atoms with Crippen molar-refractivity contribution in [3.05, 3.63) is 35.8 Å². The maximum absolute atomic E-state index is 14.2. The van der Waals surface area contributed by atoms with E-state index in [1.807, 2.05) is 25.4 Å². The van der Waals surface area contributed by atoms with E-state index in [1.54, 1.807) is 6.07 Å². The van der Waals surface area contributed by atoms with Crippen LogP contribution in [0.3, 0.4) is 0 Å². The predicted octanol–water partition coefficient (Wildman–Crippen LogP) is 2.26. The third kappa shape index (κ3) is 1.82. The Morgan fingerprint density at radius 1 is 1.50 bits per heavy atom. The van der Waals surface area contributed by atoms with Crippen molar-refractivity contribution in [1.82, 2.24) is 9.88 Å². The number of H-pyrrole nitrogens is 1. The summed E-state index contributed by atoms with van der Waals surface area (Å²) in [5.74, 6) is 0.357. The van der Waals surface area contributed by atoms with Gasteiger partial charge in [-0.1, -0.05) is 0 Å². The molecule has 1 aliphatic heterocycles. The minimum absolute atomic E-state index is 0.114. The van der Waals surface area contributed by atoms with Crippen LogP contribution in [-0.2, 0) is 0 Å². The van der Waals surface area contributed by atoms with E-state index in [9.17, 15) is 4.39 Å². The van der Waals surface area contributed by atoms with E-state index >= 15 is 0 Å². The number of rotatable bonds is 2. The number of fused-ring (bicyclic) bond motifs is 1. The van der Waals surface area contributed by atoms with E-state index in [1.165, 1.54) is 0 Å². The number of hydrogen-bond donors (Lipinski definition) is 2. The van der Waals surface area contributed by atoms with E-state index in [2.05, 4.69) is 9.88 Å². The van der Waals surface area contributed by atoms with Gasteiger partial charge in [-0.2, -0.15) is 0 Å². The lowest BCUT2D eigenvalue weighted by molar-refractivity contribution is 0.307. The largest absolute Gasteiger partial charge is 0.361 e. The Morgan fingerprint density at radius 3 is 3.06 bits per heavy atom. The zero-order chi connectivity index (χ0) is 12.7. The van der Waals surface area contributed by atoms with Gasteiger partial charge in [0.2, 0.25) is 0 Å². The van der Waals surface area contributed by atoms with Crippen molar-refractivity contribution in [3.8, 4) is 0 Å². The number of likely N-dealkylation sites (tertiary alicyclic amines) is 1. The lowest BCUT2D eigenvalue weighted by Crippen LogP contribution is -2.21. The number of nitrogens with zero attached hydrogens (tertiary/aromatic N) is 1. The summed E-state index contributed by atoms with van der Waals surface area (Å²) in [6, 6.07) is 5.59. The van der Waals surface area contributed by atoms with Crippen molar-refractivity contribution in [1.29, 1.82) is 0 Å². The fourth-order valence-corrected chi connectivity index (χ4v) is 2.98. The summed E-state index contributed by atoms with van der Waals surface area (Å²) in [4.78, 5) is 5.34. The molecule has 1 fully saturated rings. The van der Waals surface area contributed by atoms with Gasteiger partial charge in [0.25, 0.3) is 0 Å². The number of halogens is 1. The number of benzene rings is 1. The molecular formula is C14H18FN3. The second kappa shape index (κ2) is 4.37. The van der Waals surface area contributed by atoms with Crippen molar-refractivity contribution in [2.45, 2.75) is 12.5 Å². The molecule has 2 unspecified atom stereocenters. The van der Waals surface area contributed by atoms with Crippen LogP contribution in [0, 0.1) is 11.7 Å². The van der Waals surface area contributed by atoms with Crippen LogP contribution in [0.1, 0.15) is 18.0 Å². The first-order valence-electron chi connectivity index (χ1n) is 6.36. The predicted molar refractivity (Wildman–Crippen MR) is 70.8 cm³/mol. The van der Waals surface area contributed by atoms with Gasteiger partial charge in [0.1, 0.15) is 5.82 Å². The summed E-state index contributed by atoms with van der Waals surface area (Å²) in [7, 11) is 2.04. The number of hydrogen-bond acceptors (Lipinski definition) is 2. The standard InChI is InChI=1S/C14H18FN3/c1-18-8-9(7-16)4-14(18)11-6-13-10(2-3-17-13)5-12(11)15/h2-3,5-6,9,14,17H,4,7-8,16H2,1H3. The van der Waals surface area contributed by atoms with Crippen LogP contribution in [0.2, 0.25) is 0 Å². The molecule has 2 heterocycles. The average molecular weight is 247 g/mol. The molecule has 0 bridgehead atoms. The van der Waals surface area contributed by atoms with Crippen LogP contribution < -0.4 is 5.73 Å². The molecule has 0 spiro atoms. The molecule has 1 saturated heterocycles. The molecule has 0 aliphatic carbocycles. The Morgan fingerprint density at radius 2 is 2.33 bits per heavy atom. The SMILES string of the molecule is CN1CC(CN)CC1c1cc2[nH]ccc2cc1F. The van der Waals surface area contributed by atoms with Gasteiger partial charge in [0.05, 0.1) is 0 Å². The first-order valence-corrected chi connectivity index (χ1v) is 6.36. The molecule has 0 radical (unpaired) electrons. The highest BCUT2D eigenvalue weighted by Gasteiger charge is 2.31. The normalized spacial score (nSPS) is 25.1. The zero-order valence-electron chi connectivity index (χ0n) is 10.5. The van der Waals surface area contributed by atoms with E-state index in [-0.39, 0.29) is 11.9 Å². The van der Waals surface area contributed by atoms with Gasteiger partial charge in [-0.15, -0.1) is 0 Å². The van der Waals surface area contributed by atoms with Crippen LogP contribution in [0.5, 0.6) is 0 Å². The Hall–Kier alpha value is -1.39. The monoisotopic (exact) mass is 247 g/mol. The Bertz CT molecular complexity index is 563. The molecule has 2 aromatic rings. The van der Waals surface area contributed by atoms with E-state index in [4.69, 9.17) is 5.73 Å². The summed E-state index contributed by atoms with van der Waals surface area (Å²) in [5, 5.41) is 0.923. The van der Waals surface area contributed by atoms with Crippen molar-refractivity contribution in [2.24, 2.45) is 11.7 Å². The third-order valence-corrected chi connectivity index (χ3v) is 4.00. The maximum atomic E-state index is 14.2. The van der Waals surface area contributed by atoms with Crippen molar-refractivity contribution < 1.29 is 4.39 Å². The second-order valence-corrected chi connectivity index (χ2v) is 5.23. The molecule has 3 nitrogen and oxygen atoms in total. The van der Waals surface area contributed by atoms with Crippen molar-refractivity contribution in [2.75, 3.05) is 20.1 Å². The molecule has 1 aliphatic rings. The molecule has 1 aromatic heterocycles. The summed E-state index contributed by atoms with van der Waals surface area (Å²) >= 11 is 0. The second-order valence-electron chi connectivity index (χ2n) is 5.23. The number of aromatic amines is 1. The molecule has 0 amide bonds. The van der Waals surface area contributed by atoms with Crippen LogP contribution in [-0.4, -0.2) is 30.0 Å². The van der Waals surface area contributed by atoms with E-state index < -0.39 is 0 Å². The molecule has 18 heavy (non-hydrogen) atoms. The van der Waals surface area contributed by atoms with Gasteiger partial charge >= 0.3 is 0 Å². The molecule has 3 rings (SSSR count). The molecule has 3 N–H and O–H groups in total. The minimum Gasteiger partial charge on any atom is -0.361 e. The van der Waals surface area contributed by atoms with Gasteiger partial charge in [-0.3, -0.25) is 4.90 Å². The van der Waals surface area contributed by atoms with E-state index in [0.717, 1.165) is 29.4 Å². The lowest BCUT2D eigenvalue weighted by atomic mass is 9.98. The lowest BCUT2D eigenvalue weighted by Gasteiger charge is -2.20. The van der Waals surface area contributed by atoms with Gasteiger partial charge in [-0.25, -0.2) is 4.39 Å². The number of aromatic nitrogens is 1. The fraction of sp³-hybridized carbons (Fsp3) is 0.429. The first-order chi connectivity index (χ1) is 8.69. The molecular weight excluding hydrogens is 229 g/mol. The maximum Gasteiger partial charge on any atom is 0.128 e. The van der Waals surface area contributed by atoms with Crippen LogP contribution in [0.4, 0.5) is 4.39 Å². The summed E-state index contributed by atoms with van der Waals surface area (Å²) in [6.45, 7) is 1.62. The molecule has 1 aromatic carbocycles. The Kier molecular flexibility index (Phi) is 2.84. The van der Waals surface area contributed by atoms with Gasteiger partial charge in [0.15, 0.2) is 0 Å². The Labute approximate surface area is 106 Å². The summed E-state index contributed by atoms with van der Waals surface area (Å²) in [6.07, 6.45) is 2.78. The first kappa shape index (κ1) is 11.7. The Balaban J connectivity index is 2.00.